The largest absolute Gasteiger partial charge is 0.390 e. The average molecular weight is 410 g/mol. The van der Waals surface area contributed by atoms with Crippen molar-refractivity contribution < 1.29 is 33.7 Å². The van der Waals surface area contributed by atoms with E-state index >= 15 is 8.78 Å². The highest BCUT2D eigenvalue weighted by Gasteiger charge is 2.76. The third-order valence-electron chi connectivity index (χ3n) is 8.78. The smallest absolute Gasteiger partial charge is 0.190 e. The molecule has 0 heterocycles. The van der Waals surface area contributed by atoms with Gasteiger partial charge in [0, 0.05) is 16.7 Å². The number of Topliss-reactive ketones (excluding diaryl/α,β-unsaturated/α-hetero) is 1. The molecule has 0 bridgehead atoms. The number of aliphatic hydroxyl groups is 3. The average Bonchev–Trinajstić information content (AvgIpc) is 2.86. The number of alkyl halides is 2. The number of aliphatic hydroxyl groups excluding tert-OH is 2. The highest BCUT2D eigenvalue weighted by atomic mass is 19.1. The maximum absolute atomic E-state index is 16.9. The molecule has 3 N–H and O–H groups in total. The van der Waals surface area contributed by atoms with Gasteiger partial charge in [-0.2, -0.15) is 0 Å². The summed E-state index contributed by atoms with van der Waals surface area (Å²) in [4.78, 5) is 24.3. The normalized spacial score (nSPS) is 53.7. The van der Waals surface area contributed by atoms with Crippen molar-refractivity contribution in [2.24, 2.45) is 28.6 Å². The summed E-state index contributed by atoms with van der Waals surface area (Å²) in [5.74, 6) is -3.24. The van der Waals surface area contributed by atoms with E-state index in [2.05, 4.69) is 0 Å². The number of hydrogen-bond donors (Lipinski definition) is 3. The van der Waals surface area contributed by atoms with Gasteiger partial charge < -0.3 is 15.3 Å². The lowest BCUT2D eigenvalue weighted by atomic mass is 9.44. The molecule has 0 radical (unpaired) electrons. The Morgan fingerprint density at radius 3 is 2.55 bits per heavy atom. The van der Waals surface area contributed by atoms with Crippen molar-refractivity contribution in [2.45, 2.75) is 63.6 Å². The molecule has 0 amide bonds. The van der Waals surface area contributed by atoms with Crippen LogP contribution in [0.15, 0.2) is 23.8 Å². The molecule has 4 aliphatic carbocycles. The van der Waals surface area contributed by atoms with Crippen LogP contribution in [0.25, 0.3) is 0 Å². The number of hydrogen-bond acceptors (Lipinski definition) is 5. The molecule has 160 valence electrons. The van der Waals surface area contributed by atoms with E-state index in [0.29, 0.717) is 0 Å². The summed E-state index contributed by atoms with van der Waals surface area (Å²) in [6.45, 7) is 3.96. The Balaban J connectivity index is 1.87. The van der Waals surface area contributed by atoms with E-state index in [4.69, 9.17) is 0 Å². The van der Waals surface area contributed by atoms with E-state index in [0.717, 1.165) is 6.08 Å². The van der Waals surface area contributed by atoms with E-state index in [1.807, 2.05) is 0 Å². The van der Waals surface area contributed by atoms with Gasteiger partial charge in [-0.05, 0) is 55.7 Å². The minimum absolute atomic E-state index is 0.0409. The van der Waals surface area contributed by atoms with Crippen molar-refractivity contribution in [1.82, 2.24) is 0 Å². The summed E-state index contributed by atoms with van der Waals surface area (Å²) in [6, 6.07) is 0. The van der Waals surface area contributed by atoms with Crippen LogP contribution in [0.5, 0.6) is 0 Å². The second-order valence-electron chi connectivity index (χ2n) is 9.84. The summed E-state index contributed by atoms with van der Waals surface area (Å²) in [5, 5.41) is 31.9. The van der Waals surface area contributed by atoms with Crippen LogP contribution < -0.4 is 0 Å². The maximum Gasteiger partial charge on any atom is 0.190 e. The lowest BCUT2D eigenvalue weighted by Gasteiger charge is -2.63. The van der Waals surface area contributed by atoms with E-state index < -0.39 is 70.3 Å². The molecule has 4 aliphatic rings. The van der Waals surface area contributed by atoms with E-state index in [1.54, 1.807) is 13.8 Å². The van der Waals surface area contributed by atoms with Gasteiger partial charge in [0.2, 0.25) is 0 Å². The molecule has 0 aromatic rings. The predicted octanol–water partition coefficient (Wildman–Crippen LogP) is 1.84. The number of halogens is 2. The molecule has 0 spiro atoms. The zero-order chi connectivity index (χ0) is 21.6. The fourth-order valence-electron chi connectivity index (χ4n) is 7.25. The van der Waals surface area contributed by atoms with Crippen LogP contribution in [0, 0.1) is 28.6 Å². The third-order valence-corrected chi connectivity index (χ3v) is 8.78. The fraction of sp³-hybridized carbons (Fsp3) is 0.727. The Kier molecular flexibility index (Phi) is 4.34. The van der Waals surface area contributed by atoms with Crippen molar-refractivity contribution in [3.05, 3.63) is 23.8 Å². The molecule has 5 nitrogen and oxygen atoms in total. The van der Waals surface area contributed by atoms with Gasteiger partial charge >= 0.3 is 0 Å². The predicted molar refractivity (Wildman–Crippen MR) is 100 cm³/mol. The van der Waals surface area contributed by atoms with Crippen molar-refractivity contribution in [1.29, 1.82) is 0 Å². The SMILES string of the molecule is C[C@H]1CC2C3C[C@H](F)C4=CC(=O)C=C[C@]4(C)[C@@]3(F)[C@@H](O)C[C@]2(C)[C@@]1(O)C(=O)CO. The Morgan fingerprint density at radius 2 is 1.93 bits per heavy atom. The molecule has 29 heavy (non-hydrogen) atoms. The quantitative estimate of drug-likeness (QED) is 0.646. The van der Waals surface area contributed by atoms with Gasteiger partial charge in [0.25, 0.3) is 0 Å². The first-order valence-corrected chi connectivity index (χ1v) is 10.2. The van der Waals surface area contributed by atoms with E-state index in [9.17, 15) is 24.9 Å². The second-order valence-corrected chi connectivity index (χ2v) is 9.84. The number of rotatable bonds is 2. The van der Waals surface area contributed by atoms with E-state index in [1.165, 1.54) is 19.1 Å². The highest BCUT2D eigenvalue weighted by molar-refractivity contribution is 6.01. The van der Waals surface area contributed by atoms with Gasteiger partial charge in [0.1, 0.15) is 18.4 Å². The maximum atomic E-state index is 16.9. The molecule has 2 unspecified atom stereocenters. The van der Waals surface area contributed by atoms with Gasteiger partial charge in [-0.25, -0.2) is 8.78 Å². The molecule has 9 atom stereocenters. The third kappa shape index (κ3) is 2.19. The number of carbonyl (C=O) groups is 2. The lowest BCUT2D eigenvalue weighted by Crippen LogP contribution is -2.70. The molecule has 7 heteroatoms. The Bertz CT molecular complexity index is 839. The van der Waals surface area contributed by atoms with Gasteiger partial charge in [0.05, 0.1) is 6.10 Å². The van der Waals surface area contributed by atoms with Crippen LogP contribution in [0.3, 0.4) is 0 Å². The number of fused-ring (bicyclic) bond motifs is 5. The van der Waals surface area contributed by atoms with Crippen molar-refractivity contribution in [3.63, 3.8) is 0 Å². The van der Waals surface area contributed by atoms with Crippen LogP contribution in [-0.4, -0.2) is 57.0 Å². The summed E-state index contributed by atoms with van der Waals surface area (Å²) in [7, 11) is 0. The molecule has 0 aromatic carbocycles. The molecule has 0 aliphatic heterocycles. The first kappa shape index (κ1) is 20.8. The molecule has 0 saturated heterocycles. The van der Waals surface area contributed by atoms with E-state index in [-0.39, 0.29) is 24.8 Å². The number of carbonyl (C=O) groups excluding carboxylic acids is 2. The first-order chi connectivity index (χ1) is 13.4. The molecule has 0 aromatic heterocycles. The molecular weight excluding hydrogens is 382 g/mol. The lowest BCUT2D eigenvalue weighted by molar-refractivity contribution is -0.223. The molecule has 3 saturated carbocycles. The van der Waals surface area contributed by atoms with Gasteiger partial charge in [0.15, 0.2) is 17.2 Å². The van der Waals surface area contributed by atoms with Crippen molar-refractivity contribution in [3.8, 4) is 0 Å². The van der Waals surface area contributed by atoms with Crippen LogP contribution in [0.2, 0.25) is 0 Å². The molecular formula is C22H28F2O5. The van der Waals surface area contributed by atoms with Crippen molar-refractivity contribution >= 4 is 11.6 Å². The minimum Gasteiger partial charge on any atom is -0.390 e. The summed E-state index contributed by atoms with van der Waals surface area (Å²) in [5.41, 5.74) is -6.81. The molecule has 4 rings (SSSR count). The molecule has 3 fully saturated rings. The Hall–Kier alpha value is -1.44. The minimum atomic E-state index is -2.24. The highest BCUT2D eigenvalue weighted by Crippen LogP contribution is 2.70. The second kappa shape index (κ2) is 6.05. The number of allylic oxidation sites excluding steroid dienone is 4. The monoisotopic (exact) mass is 410 g/mol. The van der Waals surface area contributed by atoms with Crippen LogP contribution in [0.1, 0.15) is 40.0 Å². The van der Waals surface area contributed by atoms with Crippen molar-refractivity contribution in [2.75, 3.05) is 6.61 Å². The summed E-state index contributed by atoms with van der Waals surface area (Å²) in [6.07, 6.45) is 0.427. The zero-order valence-corrected chi connectivity index (χ0v) is 16.9. The van der Waals surface area contributed by atoms with Crippen LogP contribution in [-0.2, 0) is 9.59 Å². The van der Waals surface area contributed by atoms with Gasteiger partial charge in [-0.1, -0.05) is 19.9 Å². The van der Waals surface area contributed by atoms with Gasteiger partial charge in [-0.15, -0.1) is 0 Å². The summed E-state index contributed by atoms with van der Waals surface area (Å²) < 4.78 is 32.1. The van der Waals surface area contributed by atoms with Crippen LogP contribution in [0.4, 0.5) is 8.78 Å². The number of ketones is 2. The topological polar surface area (TPSA) is 94.8 Å². The Morgan fingerprint density at radius 1 is 1.28 bits per heavy atom. The van der Waals surface area contributed by atoms with Crippen LogP contribution >= 0.6 is 0 Å². The summed E-state index contributed by atoms with van der Waals surface area (Å²) >= 11 is 0. The van der Waals surface area contributed by atoms with Gasteiger partial charge in [-0.3, -0.25) is 9.59 Å². The first-order valence-electron chi connectivity index (χ1n) is 10.2. The Labute approximate surface area is 168 Å². The standard InChI is InChI=1S/C22H28F2O5/c1-11-6-13-14-8-16(23)15-7-12(26)4-5-19(15,2)21(14,24)17(27)9-20(13,3)22(11,29)18(28)10-25/h4-5,7,11,13-14,16-17,25,27,29H,6,8-10H2,1-3H3/t11-,13?,14?,16-,17-,19-,20-,21-,22-/m0/s1. The fourth-order valence-corrected chi connectivity index (χ4v) is 7.25. The zero-order valence-electron chi connectivity index (χ0n) is 16.9.